The molecule has 0 saturated heterocycles. The molecule has 0 bridgehead atoms. The molecule has 1 aliphatic rings. The molecule has 2 aromatic carbocycles. The summed E-state index contributed by atoms with van der Waals surface area (Å²) in [5, 5.41) is 2.67. The summed E-state index contributed by atoms with van der Waals surface area (Å²) >= 11 is 0. The van der Waals surface area contributed by atoms with Crippen LogP contribution in [0, 0.1) is 0 Å². The lowest BCUT2D eigenvalue weighted by atomic mass is 10.2. The van der Waals surface area contributed by atoms with Gasteiger partial charge in [0.15, 0.2) is 18.1 Å². The van der Waals surface area contributed by atoms with Crippen molar-refractivity contribution in [1.82, 2.24) is 0 Å². The molecule has 27 heavy (non-hydrogen) atoms. The monoisotopic (exact) mass is 371 g/mol. The van der Waals surface area contributed by atoms with E-state index in [9.17, 15) is 9.59 Å². The van der Waals surface area contributed by atoms with Crippen LogP contribution >= 0.6 is 0 Å². The number of amides is 1. The average Bonchev–Trinajstić information content (AvgIpc) is 2.92. The van der Waals surface area contributed by atoms with Crippen molar-refractivity contribution >= 4 is 17.6 Å². The lowest BCUT2D eigenvalue weighted by molar-refractivity contribution is -0.119. The highest BCUT2D eigenvalue weighted by atomic mass is 16.5. The van der Waals surface area contributed by atoms with E-state index in [1.165, 1.54) is 0 Å². The maximum absolute atomic E-state index is 12.2. The SMILES string of the molecule is CCOc1ccccc1NC(=O)COC(=O)c1ccc2c(c1)OCCCO2. The predicted molar refractivity (Wildman–Crippen MR) is 98.6 cm³/mol. The molecule has 0 fully saturated rings. The Bertz CT molecular complexity index is 820. The minimum Gasteiger partial charge on any atom is -0.492 e. The van der Waals surface area contributed by atoms with Gasteiger partial charge in [0.2, 0.25) is 0 Å². The van der Waals surface area contributed by atoms with Crippen molar-refractivity contribution in [3.05, 3.63) is 48.0 Å². The second-order valence-corrected chi connectivity index (χ2v) is 5.77. The lowest BCUT2D eigenvalue weighted by Crippen LogP contribution is -2.21. The highest BCUT2D eigenvalue weighted by Crippen LogP contribution is 2.30. The molecule has 0 saturated carbocycles. The molecule has 7 heteroatoms. The summed E-state index contributed by atoms with van der Waals surface area (Å²) in [6.45, 7) is 3.02. The van der Waals surface area contributed by atoms with Gasteiger partial charge in [0.25, 0.3) is 5.91 Å². The third-order valence-electron chi connectivity index (χ3n) is 3.78. The van der Waals surface area contributed by atoms with Crippen LogP contribution in [0.2, 0.25) is 0 Å². The zero-order valence-electron chi connectivity index (χ0n) is 15.0. The van der Waals surface area contributed by atoms with Crippen molar-refractivity contribution in [2.24, 2.45) is 0 Å². The summed E-state index contributed by atoms with van der Waals surface area (Å²) in [5.74, 6) is 0.581. The molecule has 3 rings (SSSR count). The molecule has 1 aliphatic heterocycles. The van der Waals surface area contributed by atoms with E-state index in [2.05, 4.69) is 5.32 Å². The number of esters is 1. The van der Waals surface area contributed by atoms with Gasteiger partial charge in [0.05, 0.1) is 31.1 Å². The number of carbonyl (C=O) groups is 2. The van der Waals surface area contributed by atoms with Crippen molar-refractivity contribution < 1.29 is 28.5 Å². The lowest BCUT2D eigenvalue weighted by Gasteiger charge is -2.12. The van der Waals surface area contributed by atoms with Gasteiger partial charge in [-0.15, -0.1) is 0 Å². The molecular formula is C20H21NO6. The summed E-state index contributed by atoms with van der Waals surface area (Å²) in [7, 11) is 0. The third-order valence-corrected chi connectivity index (χ3v) is 3.78. The molecule has 2 aromatic rings. The minimum absolute atomic E-state index is 0.293. The summed E-state index contributed by atoms with van der Waals surface area (Å²) in [4.78, 5) is 24.3. The Morgan fingerprint density at radius 1 is 1.07 bits per heavy atom. The maximum atomic E-state index is 12.2. The third kappa shape index (κ3) is 4.91. The normalized spacial score (nSPS) is 12.6. The van der Waals surface area contributed by atoms with Crippen molar-refractivity contribution in [3.8, 4) is 17.2 Å². The Hall–Kier alpha value is -3.22. The Labute approximate surface area is 157 Å². The Kier molecular flexibility index (Phi) is 6.14. The standard InChI is InChI=1S/C20H21NO6/c1-2-24-16-7-4-3-6-15(16)21-19(22)13-27-20(23)14-8-9-17-18(12-14)26-11-5-10-25-17/h3-4,6-9,12H,2,5,10-11,13H2,1H3,(H,21,22). The van der Waals surface area contributed by atoms with E-state index in [1.54, 1.807) is 36.4 Å². The molecule has 0 aromatic heterocycles. The van der Waals surface area contributed by atoms with Crippen LogP contribution in [0.15, 0.2) is 42.5 Å². The first-order valence-corrected chi connectivity index (χ1v) is 8.76. The number of fused-ring (bicyclic) bond motifs is 1. The molecule has 1 heterocycles. The van der Waals surface area contributed by atoms with E-state index in [0.717, 1.165) is 6.42 Å². The number of benzene rings is 2. The summed E-state index contributed by atoms with van der Waals surface area (Å²) in [5.41, 5.74) is 0.817. The van der Waals surface area contributed by atoms with Gasteiger partial charge in [0.1, 0.15) is 5.75 Å². The fourth-order valence-electron chi connectivity index (χ4n) is 2.54. The minimum atomic E-state index is -0.612. The molecule has 7 nitrogen and oxygen atoms in total. The summed E-state index contributed by atoms with van der Waals surface area (Å²) in [6.07, 6.45) is 0.776. The average molecular weight is 371 g/mol. The topological polar surface area (TPSA) is 83.1 Å². The van der Waals surface area contributed by atoms with Gasteiger partial charge in [-0.2, -0.15) is 0 Å². The highest BCUT2D eigenvalue weighted by molar-refractivity contribution is 5.96. The van der Waals surface area contributed by atoms with Crippen molar-refractivity contribution in [3.63, 3.8) is 0 Å². The number of rotatable bonds is 6. The second-order valence-electron chi connectivity index (χ2n) is 5.77. The number of hydrogen-bond donors (Lipinski definition) is 1. The largest absolute Gasteiger partial charge is 0.492 e. The van der Waals surface area contributed by atoms with Crippen molar-refractivity contribution in [2.75, 3.05) is 31.7 Å². The zero-order valence-corrected chi connectivity index (χ0v) is 15.0. The number of nitrogens with one attached hydrogen (secondary N) is 1. The molecule has 0 unspecified atom stereocenters. The van der Waals surface area contributed by atoms with E-state index in [-0.39, 0.29) is 0 Å². The molecule has 1 amide bonds. The van der Waals surface area contributed by atoms with Crippen LogP contribution in [0.5, 0.6) is 17.2 Å². The molecule has 0 radical (unpaired) electrons. The smallest absolute Gasteiger partial charge is 0.338 e. The van der Waals surface area contributed by atoms with Gasteiger partial charge in [-0.05, 0) is 37.3 Å². The first kappa shape index (κ1) is 18.6. The van der Waals surface area contributed by atoms with Crippen LogP contribution in [0.3, 0.4) is 0 Å². The summed E-state index contributed by atoms with van der Waals surface area (Å²) in [6, 6.07) is 11.9. The van der Waals surface area contributed by atoms with Gasteiger partial charge in [-0.3, -0.25) is 4.79 Å². The van der Waals surface area contributed by atoms with Crippen molar-refractivity contribution in [2.45, 2.75) is 13.3 Å². The van der Waals surface area contributed by atoms with Crippen LogP contribution in [0.4, 0.5) is 5.69 Å². The maximum Gasteiger partial charge on any atom is 0.338 e. The number of ether oxygens (including phenoxy) is 4. The van der Waals surface area contributed by atoms with Crippen LogP contribution in [0.25, 0.3) is 0 Å². The molecular weight excluding hydrogens is 350 g/mol. The summed E-state index contributed by atoms with van der Waals surface area (Å²) < 4.78 is 21.6. The van der Waals surface area contributed by atoms with Crippen LogP contribution in [-0.4, -0.2) is 38.3 Å². The number of anilines is 1. The van der Waals surface area contributed by atoms with E-state index < -0.39 is 18.5 Å². The Morgan fingerprint density at radius 3 is 2.67 bits per heavy atom. The first-order valence-electron chi connectivity index (χ1n) is 8.76. The van der Waals surface area contributed by atoms with E-state index in [1.807, 2.05) is 13.0 Å². The number of carbonyl (C=O) groups excluding carboxylic acids is 2. The Balaban J connectivity index is 1.57. The van der Waals surface area contributed by atoms with Crippen LogP contribution in [0.1, 0.15) is 23.7 Å². The highest BCUT2D eigenvalue weighted by Gasteiger charge is 2.16. The molecule has 1 N–H and O–H groups in total. The Morgan fingerprint density at radius 2 is 1.85 bits per heavy atom. The van der Waals surface area contributed by atoms with Gasteiger partial charge < -0.3 is 24.3 Å². The number of para-hydroxylation sites is 2. The number of hydrogen-bond acceptors (Lipinski definition) is 6. The van der Waals surface area contributed by atoms with Crippen LogP contribution in [-0.2, 0) is 9.53 Å². The van der Waals surface area contributed by atoms with Gasteiger partial charge in [-0.1, -0.05) is 12.1 Å². The zero-order chi connectivity index (χ0) is 19.1. The fourth-order valence-corrected chi connectivity index (χ4v) is 2.54. The van der Waals surface area contributed by atoms with Crippen molar-refractivity contribution in [1.29, 1.82) is 0 Å². The first-order chi connectivity index (χ1) is 13.2. The second kappa shape index (κ2) is 8.93. The quantitative estimate of drug-likeness (QED) is 0.786. The molecule has 0 atom stereocenters. The van der Waals surface area contributed by atoms with E-state index in [4.69, 9.17) is 18.9 Å². The van der Waals surface area contributed by atoms with Crippen LogP contribution < -0.4 is 19.5 Å². The molecule has 142 valence electrons. The predicted octanol–water partition coefficient (Wildman–Crippen LogP) is 3.04. The van der Waals surface area contributed by atoms with E-state index in [0.29, 0.717) is 48.3 Å². The van der Waals surface area contributed by atoms with Gasteiger partial charge >= 0.3 is 5.97 Å². The molecule has 0 spiro atoms. The fraction of sp³-hybridized carbons (Fsp3) is 0.300. The van der Waals surface area contributed by atoms with Gasteiger partial charge in [-0.25, -0.2) is 4.79 Å². The van der Waals surface area contributed by atoms with E-state index >= 15 is 0 Å². The van der Waals surface area contributed by atoms with Gasteiger partial charge in [0, 0.05) is 6.42 Å². The molecule has 0 aliphatic carbocycles.